The molecule has 1 aliphatic rings. The molecule has 0 spiro atoms. The van der Waals surface area contributed by atoms with Crippen LogP contribution in [0.15, 0.2) is 59.8 Å². The Morgan fingerprint density at radius 3 is 2.55 bits per heavy atom. The lowest BCUT2D eigenvalue weighted by Gasteiger charge is -2.31. The highest BCUT2D eigenvalue weighted by Crippen LogP contribution is 2.37. The Kier molecular flexibility index (Phi) is 6.30. The zero-order valence-electron chi connectivity index (χ0n) is 20.0. The average molecular weight is 460 g/mol. The van der Waals surface area contributed by atoms with Crippen molar-refractivity contribution in [3.05, 3.63) is 60.2 Å². The predicted octanol–water partition coefficient (Wildman–Crippen LogP) is 6.16. The van der Waals surface area contributed by atoms with Gasteiger partial charge in [-0.15, -0.1) is 10.2 Å². The van der Waals surface area contributed by atoms with Crippen LogP contribution < -0.4 is 0 Å². The molecule has 5 nitrogen and oxygen atoms in total. The quantitative estimate of drug-likeness (QED) is 0.324. The van der Waals surface area contributed by atoms with Gasteiger partial charge in [-0.1, -0.05) is 68.9 Å². The normalized spacial score (nSPS) is 17.3. The van der Waals surface area contributed by atoms with Crippen LogP contribution in [-0.2, 0) is 13.6 Å². The van der Waals surface area contributed by atoms with Gasteiger partial charge in [0.1, 0.15) is 0 Å². The Bertz CT molecular complexity index is 1240. The summed E-state index contributed by atoms with van der Waals surface area (Å²) < 4.78 is 4.55. The van der Waals surface area contributed by atoms with Gasteiger partial charge in [0.25, 0.3) is 0 Å². The van der Waals surface area contributed by atoms with Crippen molar-refractivity contribution in [3.63, 3.8) is 0 Å². The van der Waals surface area contributed by atoms with E-state index in [1.807, 2.05) is 0 Å². The van der Waals surface area contributed by atoms with E-state index in [1.54, 1.807) is 11.8 Å². The minimum atomic E-state index is 0.423. The number of benzene rings is 2. The van der Waals surface area contributed by atoms with E-state index in [-0.39, 0.29) is 0 Å². The van der Waals surface area contributed by atoms with Crippen LogP contribution in [-0.4, -0.2) is 42.6 Å². The van der Waals surface area contributed by atoms with Gasteiger partial charge in [0, 0.05) is 47.5 Å². The van der Waals surface area contributed by atoms with Crippen molar-refractivity contribution < 1.29 is 0 Å². The molecule has 5 rings (SSSR count). The molecule has 1 atom stereocenters. The first-order valence-corrected chi connectivity index (χ1v) is 12.9. The van der Waals surface area contributed by atoms with Gasteiger partial charge in [-0.3, -0.25) is 9.47 Å². The van der Waals surface area contributed by atoms with E-state index in [4.69, 9.17) is 5.10 Å². The van der Waals surface area contributed by atoms with Crippen molar-refractivity contribution in [3.8, 4) is 17.2 Å². The third-order valence-electron chi connectivity index (χ3n) is 6.54. The highest BCUT2D eigenvalue weighted by atomic mass is 32.2. The molecule has 2 aromatic carbocycles. The van der Waals surface area contributed by atoms with Gasteiger partial charge in [-0.25, -0.2) is 0 Å². The van der Waals surface area contributed by atoms with Gasteiger partial charge in [-0.2, -0.15) is 0 Å². The fraction of sp³-hybridized carbons (Fsp3) is 0.407. The first-order valence-electron chi connectivity index (χ1n) is 12.0. The maximum atomic E-state index is 4.79. The van der Waals surface area contributed by atoms with E-state index in [1.165, 1.54) is 35.0 Å². The number of fused-ring (bicyclic) bond motifs is 1. The topological polar surface area (TPSA) is 38.9 Å². The molecule has 1 aliphatic heterocycles. The first kappa shape index (κ1) is 22.2. The van der Waals surface area contributed by atoms with E-state index in [0.29, 0.717) is 5.25 Å². The number of aryl methyl sites for hydroxylation is 1. The second-order valence-corrected chi connectivity index (χ2v) is 11.1. The summed E-state index contributed by atoms with van der Waals surface area (Å²) in [7, 11) is 2.17. The van der Waals surface area contributed by atoms with Gasteiger partial charge in [-0.05, 0) is 43.5 Å². The highest BCUT2D eigenvalue weighted by Gasteiger charge is 2.26. The Morgan fingerprint density at radius 1 is 1.03 bits per heavy atom. The zero-order valence-corrected chi connectivity index (χ0v) is 20.8. The Morgan fingerprint density at radius 2 is 1.79 bits per heavy atom. The second kappa shape index (κ2) is 9.35. The summed E-state index contributed by atoms with van der Waals surface area (Å²) in [5.74, 6) is 1.67. The molecule has 172 valence electrons. The SMILES string of the molecule is CC1CCCN(Cc2c(-c3nnc(SC(C)C)n3-c3ccccc3)n(C)c3ccccc23)C1. The maximum absolute atomic E-state index is 4.79. The van der Waals surface area contributed by atoms with Gasteiger partial charge < -0.3 is 4.57 Å². The third-order valence-corrected chi connectivity index (χ3v) is 7.48. The van der Waals surface area contributed by atoms with Crippen molar-refractivity contribution in [2.75, 3.05) is 13.1 Å². The molecule has 1 unspecified atom stereocenters. The molecule has 4 aromatic rings. The lowest BCUT2D eigenvalue weighted by atomic mass is 9.99. The van der Waals surface area contributed by atoms with Crippen LogP contribution in [0.2, 0.25) is 0 Å². The smallest absolute Gasteiger partial charge is 0.196 e. The molecule has 0 radical (unpaired) electrons. The van der Waals surface area contributed by atoms with Crippen LogP contribution in [0, 0.1) is 5.92 Å². The summed E-state index contributed by atoms with van der Waals surface area (Å²) in [6.45, 7) is 10.0. The van der Waals surface area contributed by atoms with Crippen molar-refractivity contribution >= 4 is 22.7 Å². The van der Waals surface area contributed by atoms with Gasteiger partial charge in [0.2, 0.25) is 0 Å². The number of nitrogens with zero attached hydrogens (tertiary/aromatic N) is 5. The summed E-state index contributed by atoms with van der Waals surface area (Å²) >= 11 is 1.76. The Balaban J connectivity index is 1.70. The molecule has 0 N–H and O–H groups in total. The van der Waals surface area contributed by atoms with Crippen molar-refractivity contribution in [1.82, 2.24) is 24.2 Å². The summed E-state index contributed by atoms with van der Waals surface area (Å²) in [5, 5.41) is 12.1. The molecule has 0 bridgehead atoms. The fourth-order valence-electron chi connectivity index (χ4n) is 5.09. The molecule has 0 aliphatic carbocycles. The zero-order chi connectivity index (χ0) is 22.9. The fourth-order valence-corrected chi connectivity index (χ4v) is 5.90. The summed E-state index contributed by atoms with van der Waals surface area (Å²) in [6.07, 6.45) is 2.60. The van der Waals surface area contributed by atoms with Gasteiger partial charge in [0.15, 0.2) is 11.0 Å². The van der Waals surface area contributed by atoms with Crippen LogP contribution in [0.4, 0.5) is 0 Å². The number of hydrogen-bond acceptors (Lipinski definition) is 4. The number of thioether (sulfide) groups is 1. The summed E-state index contributed by atoms with van der Waals surface area (Å²) in [4.78, 5) is 2.62. The van der Waals surface area contributed by atoms with Crippen molar-refractivity contribution in [2.45, 2.75) is 50.6 Å². The molecule has 2 aromatic heterocycles. The van der Waals surface area contributed by atoms with Crippen LogP contribution in [0.25, 0.3) is 28.1 Å². The predicted molar refractivity (Wildman–Crippen MR) is 138 cm³/mol. The molecular formula is C27H33N5S. The van der Waals surface area contributed by atoms with Crippen molar-refractivity contribution in [2.24, 2.45) is 13.0 Å². The molecule has 0 amide bonds. The maximum Gasteiger partial charge on any atom is 0.196 e. The van der Waals surface area contributed by atoms with Gasteiger partial charge in [0.05, 0.1) is 5.69 Å². The molecule has 3 heterocycles. The minimum absolute atomic E-state index is 0.423. The monoisotopic (exact) mass is 459 g/mol. The lowest BCUT2D eigenvalue weighted by molar-refractivity contribution is 0.177. The van der Waals surface area contributed by atoms with Crippen LogP contribution in [0.1, 0.15) is 39.2 Å². The lowest BCUT2D eigenvalue weighted by Crippen LogP contribution is -2.33. The first-order chi connectivity index (χ1) is 16.0. The van der Waals surface area contributed by atoms with E-state index in [0.717, 1.165) is 42.2 Å². The summed E-state index contributed by atoms with van der Waals surface area (Å²) in [6, 6.07) is 19.3. The number of hydrogen-bond donors (Lipinski definition) is 0. The molecule has 1 saturated heterocycles. The van der Waals surface area contributed by atoms with Crippen molar-refractivity contribution in [1.29, 1.82) is 0 Å². The number of rotatable bonds is 6. The van der Waals surface area contributed by atoms with Crippen LogP contribution >= 0.6 is 11.8 Å². The largest absolute Gasteiger partial charge is 0.341 e. The van der Waals surface area contributed by atoms with E-state index in [9.17, 15) is 0 Å². The summed E-state index contributed by atoms with van der Waals surface area (Å²) in [5.41, 5.74) is 4.87. The van der Waals surface area contributed by atoms with Crippen LogP contribution in [0.3, 0.4) is 0 Å². The second-order valence-electron chi connectivity index (χ2n) is 9.53. The molecule has 1 fully saturated rings. The highest BCUT2D eigenvalue weighted by molar-refractivity contribution is 7.99. The average Bonchev–Trinajstić information content (AvgIpc) is 3.33. The number of piperidine rings is 1. The molecule has 33 heavy (non-hydrogen) atoms. The third kappa shape index (κ3) is 4.34. The Hall–Kier alpha value is -2.57. The Labute approximate surface area is 200 Å². The van der Waals surface area contributed by atoms with E-state index >= 15 is 0 Å². The van der Waals surface area contributed by atoms with E-state index in [2.05, 4.69) is 102 Å². The van der Waals surface area contributed by atoms with E-state index < -0.39 is 0 Å². The molecular weight excluding hydrogens is 426 g/mol. The number of likely N-dealkylation sites (tertiary alicyclic amines) is 1. The number of aromatic nitrogens is 4. The van der Waals surface area contributed by atoms with Crippen LogP contribution in [0.5, 0.6) is 0 Å². The number of para-hydroxylation sites is 2. The molecule has 6 heteroatoms. The van der Waals surface area contributed by atoms with Gasteiger partial charge >= 0.3 is 0 Å². The minimum Gasteiger partial charge on any atom is -0.341 e. The molecule has 0 saturated carbocycles. The standard InChI is InChI=1S/C27H33N5S/c1-19(2)33-27-29-28-26(32(27)21-12-6-5-7-13-21)25-23(18-31-16-10-11-20(3)17-31)22-14-8-9-15-24(22)30(25)4/h5-9,12-15,19-20H,10-11,16-18H2,1-4H3.